The molecule has 2 aromatic rings. The molecule has 8 heteroatoms. The summed E-state index contributed by atoms with van der Waals surface area (Å²) in [5.74, 6) is 0.670. The molecule has 0 aliphatic carbocycles. The Bertz CT molecular complexity index is 647. The molecule has 0 fully saturated rings. The second-order valence-corrected chi connectivity index (χ2v) is 6.27. The summed E-state index contributed by atoms with van der Waals surface area (Å²) in [6, 6.07) is 4.11. The molecule has 0 aliphatic rings. The fourth-order valence-electron chi connectivity index (χ4n) is 1.55. The van der Waals surface area contributed by atoms with Gasteiger partial charge in [0.2, 0.25) is 10.0 Å². The molecule has 6 nitrogen and oxygen atoms in total. The number of furan rings is 2. The van der Waals surface area contributed by atoms with Gasteiger partial charge in [-0.15, -0.1) is 0 Å². The lowest BCUT2D eigenvalue weighted by Gasteiger charge is -2.10. The Balaban J connectivity index is 2.25. The molecular formula is C11H12BrNO5S. The molecule has 0 radical (unpaired) electrons. The van der Waals surface area contributed by atoms with Gasteiger partial charge in [0.25, 0.3) is 0 Å². The molecule has 0 aromatic carbocycles. The first kappa shape index (κ1) is 14.3. The quantitative estimate of drug-likeness (QED) is 0.862. The highest BCUT2D eigenvalue weighted by molar-refractivity contribution is 9.10. The minimum absolute atomic E-state index is 0.0516. The molecule has 0 bridgehead atoms. The zero-order valence-electron chi connectivity index (χ0n) is 9.96. The van der Waals surface area contributed by atoms with Gasteiger partial charge in [-0.2, -0.15) is 0 Å². The van der Waals surface area contributed by atoms with Gasteiger partial charge in [0.1, 0.15) is 23.0 Å². The second-order valence-electron chi connectivity index (χ2n) is 3.87. The van der Waals surface area contributed by atoms with Gasteiger partial charge in [-0.3, -0.25) is 0 Å². The van der Waals surface area contributed by atoms with Gasteiger partial charge in [-0.25, -0.2) is 13.1 Å². The Kier molecular flexibility index (Phi) is 4.14. The van der Waals surface area contributed by atoms with Crippen molar-refractivity contribution in [1.29, 1.82) is 0 Å². The number of hydrogen-bond acceptors (Lipinski definition) is 5. The molecule has 2 rings (SSSR count). The summed E-state index contributed by atoms with van der Waals surface area (Å²) >= 11 is 3.01. The maximum atomic E-state index is 12.2. The number of nitrogens with one attached hydrogen (secondary N) is 1. The van der Waals surface area contributed by atoms with Crippen molar-refractivity contribution < 1.29 is 22.4 Å². The van der Waals surface area contributed by atoms with E-state index in [9.17, 15) is 8.42 Å². The van der Waals surface area contributed by atoms with Crippen LogP contribution in [0.15, 0.2) is 42.9 Å². The molecular weight excluding hydrogens is 338 g/mol. The first-order valence-corrected chi connectivity index (χ1v) is 7.66. The SMILES string of the molecule is CC(NS(=O)(=O)c1cc(CO)oc1Br)c1ccco1. The summed E-state index contributed by atoms with van der Waals surface area (Å²) in [5.41, 5.74) is 0. The van der Waals surface area contributed by atoms with Crippen LogP contribution in [0.5, 0.6) is 0 Å². The van der Waals surface area contributed by atoms with Gasteiger partial charge in [0.15, 0.2) is 4.67 Å². The van der Waals surface area contributed by atoms with E-state index in [4.69, 9.17) is 13.9 Å². The lowest BCUT2D eigenvalue weighted by molar-refractivity contribution is 0.245. The molecule has 1 unspecified atom stereocenters. The Hall–Kier alpha value is -1.09. The fourth-order valence-corrected chi connectivity index (χ4v) is 3.76. The number of halogens is 1. The van der Waals surface area contributed by atoms with Crippen molar-refractivity contribution in [3.8, 4) is 0 Å². The average Bonchev–Trinajstić information content (AvgIpc) is 2.96. The summed E-state index contributed by atoms with van der Waals surface area (Å²) in [7, 11) is -3.77. The molecule has 0 amide bonds. The zero-order chi connectivity index (χ0) is 14.0. The zero-order valence-corrected chi connectivity index (χ0v) is 12.4. The molecule has 2 N–H and O–H groups in total. The van der Waals surface area contributed by atoms with Crippen LogP contribution in [0.3, 0.4) is 0 Å². The van der Waals surface area contributed by atoms with Crippen molar-refractivity contribution in [2.45, 2.75) is 24.5 Å². The van der Waals surface area contributed by atoms with Crippen LogP contribution in [0.4, 0.5) is 0 Å². The number of aliphatic hydroxyl groups is 1. The predicted molar refractivity (Wildman–Crippen MR) is 69.8 cm³/mol. The van der Waals surface area contributed by atoms with E-state index in [1.54, 1.807) is 19.1 Å². The van der Waals surface area contributed by atoms with Crippen LogP contribution in [0.25, 0.3) is 0 Å². The van der Waals surface area contributed by atoms with Crippen LogP contribution >= 0.6 is 15.9 Å². The third-order valence-corrected chi connectivity index (χ3v) is 4.85. The van der Waals surface area contributed by atoms with Crippen molar-refractivity contribution in [1.82, 2.24) is 4.72 Å². The van der Waals surface area contributed by atoms with E-state index in [2.05, 4.69) is 20.7 Å². The molecule has 0 aliphatic heterocycles. The van der Waals surface area contributed by atoms with Gasteiger partial charge in [0, 0.05) is 6.07 Å². The largest absolute Gasteiger partial charge is 0.468 e. The van der Waals surface area contributed by atoms with E-state index in [-0.39, 0.29) is 21.9 Å². The Morgan fingerprint density at radius 1 is 1.53 bits per heavy atom. The smallest absolute Gasteiger partial charge is 0.245 e. The van der Waals surface area contributed by atoms with Crippen molar-refractivity contribution in [2.75, 3.05) is 0 Å². The summed E-state index contributed by atoms with van der Waals surface area (Å²) < 4.78 is 37.0. The van der Waals surface area contributed by atoms with E-state index < -0.39 is 16.1 Å². The van der Waals surface area contributed by atoms with Crippen LogP contribution in [-0.4, -0.2) is 13.5 Å². The highest BCUT2D eigenvalue weighted by Gasteiger charge is 2.25. The van der Waals surface area contributed by atoms with Gasteiger partial charge in [-0.1, -0.05) is 0 Å². The first-order chi connectivity index (χ1) is 8.94. The summed E-state index contributed by atoms with van der Waals surface area (Å²) in [6.07, 6.45) is 1.47. The predicted octanol–water partition coefficient (Wildman–Crippen LogP) is 2.17. The monoisotopic (exact) mass is 349 g/mol. The summed E-state index contributed by atoms with van der Waals surface area (Å²) in [4.78, 5) is -0.0602. The number of sulfonamides is 1. The van der Waals surface area contributed by atoms with Gasteiger partial charge in [0.05, 0.1) is 12.3 Å². The van der Waals surface area contributed by atoms with Crippen LogP contribution in [0, 0.1) is 0 Å². The number of aliphatic hydroxyl groups excluding tert-OH is 1. The summed E-state index contributed by atoms with van der Waals surface area (Å²) in [6.45, 7) is 1.29. The molecule has 19 heavy (non-hydrogen) atoms. The normalized spacial score (nSPS) is 13.6. The Morgan fingerprint density at radius 2 is 2.26 bits per heavy atom. The van der Waals surface area contributed by atoms with Gasteiger partial charge < -0.3 is 13.9 Å². The van der Waals surface area contributed by atoms with Crippen LogP contribution in [0.1, 0.15) is 24.5 Å². The van der Waals surface area contributed by atoms with E-state index in [0.29, 0.717) is 5.76 Å². The second kappa shape index (κ2) is 5.49. The molecule has 104 valence electrons. The van der Waals surface area contributed by atoms with Gasteiger partial charge in [-0.05, 0) is 35.0 Å². The highest BCUT2D eigenvalue weighted by Crippen LogP contribution is 2.27. The third kappa shape index (κ3) is 3.08. The topological polar surface area (TPSA) is 92.7 Å². The highest BCUT2D eigenvalue weighted by atomic mass is 79.9. The van der Waals surface area contributed by atoms with Crippen molar-refractivity contribution in [2.24, 2.45) is 0 Å². The lowest BCUT2D eigenvalue weighted by Crippen LogP contribution is -2.26. The van der Waals surface area contributed by atoms with Gasteiger partial charge >= 0.3 is 0 Å². The third-order valence-electron chi connectivity index (χ3n) is 2.45. The van der Waals surface area contributed by atoms with Crippen LogP contribution < -0.4 is 4.72 Å². The van der Waals surface area contributed by atoms with E-state index in [1.807, 2.05) is 0 Å². The van der Waals surface area contributed by atoms with E-state index in [1.165, 1.54) is 12.3 Å². The van der Waals surface area contributed by atoms with E-state index >= 15 is 0 Å². The standard InChI is InChI=1S/C11H12BrNO5S/c1-7(9-3-2-4-17-9)13-19(15,16)10-5-8(6-14)18-11(10)12/h2-5,7,13-14H,6H2,1H3. The molecule has 0 saturated heterocycles. The number of rotatable bonds is 5. The lowest BCUT2D eigenvalue weighted by atomic mass is 10.3. The summed E-state index contributed by atoms with van der Waals surface area (Å²) in [5, 5.41) is 8.93. The van der Waals surface area contributed by atoms with E-state index in [0.717, 1.165) is 0 Å². The minimum atomic E-state index is -3.77. The Morgan fingerprint density at radius 3 is 2.79 bits per heavy atom. The van der Waals surface area contributed by atoms with Crippen molar-refractivity contribution in [3.63, 3.8) is 0 Å². The molecule has 2 heterocycles. The minimum Gasteiger partial charge on any atom is -0.468 e. The first-order valence-electron chi connectivity index (χ1n) is 5.39. The molecule has 0 saturated carbocycles. The average molecular weight is 350 g/mol. The van der Waals surface area contributed by atoms with Crippen LogP contribution in [0.2, 0.25) is 0 Å². The van der Waals surface area contributed by atoms with Crippen LogP contribution in [-0.2, 0) is 16.6 Å². The molecule has 2 aromatic heterocycles. The molecule has 0 spiro atoms. The maximum Gasteiger partial charge on any atom is 0.245 e. The fraction of sp³-hybridized carbons (Fsp3) is 0.273. The maximum absolute atomic E-state index is 12.2. The number of hydrogen-bond donors (Lipinski definition) is 2. The van der Waals surface area contributed by atoms with Crippen molar-refractivity contribution in [3.05, 3.63) is 40.7 Å². The molecule has 1 atom stereocenters. The van der Waals surface area contributed by atoms with Crippen molar-refractivity contribution >= 4 is 26.0 Å². The Labute approximate surface area is 118 Å².